The SMILES string of the molecule is ClC1[B][B]CCCC(Cl)C(Cl)C1Cl. The third kappa shape index (κ3) is 3.74. The van der Waals surface area contributed by atoms with Gasteiger partial charge in [0.05, 0.1) is 30.5 Å². The Balaban J connectivity index is 2.57. The van der Waals surface area contributed by atoms with Gasteiger partial charge >= 0.3 is 0 Å². The smallest absolute Gasteiger partial charge is 0.0917 e. The minimum atomic E-state index is -0.291. The molecule has 4 unspecified atom stereocenters. The fraction of sp³-hybridized carbons (Fsp3) is 1.00. The number of halogens is 4. The highest BCUT2D eigenvalue weighted by atomic mass is 35.5. The first-order valence-corrected chi connectivity index (χ1v) is 6.10. The van der Waals surface area contributed by atoms with Gasteiger partial charge in [-0.15, -0.1) is 46.4 Å². The summed E-state index contributed by atoms with van der Waals surface area (Å²) < 4.78 is 0. The first-order valence-electron chi connectivity index (χ1n) is 4.36. The molecule has 72 valence electrons. The van der Waals surface area contributed by atoms with Crippen LogP contribution in [0.4, 0.5) is 0 Å². The zero-order valence-corrected chi connectivity index (χ0v) is 10.1. The molecular weight excluding hydrogens is 248 g/mol. The van der Waals surface area contributed by atoms with Crippen LogP contribution in [0.2, 0.25) is 6.32 Å². The van der Waals surface area contributed by atoms with Crippen molar-refractivity contribution in [3.8, 4) is 0 Å². The molecule has 0 N–H and O–H groups in total. The second kappa shape index (κ2) is 6.00. The number of alkyl halides is 4. The van der Waals surface area contributed by atoms with Crippen LogP contribution in [0.25, 0.3) is 0 Å². The molecule has 13 heavy (non-hydrogen) atoms. The highest BCUT2D eigenvalue weighted by Crippen LogP contribution is 2.27. The van der Waals surface area contributed by atoms with Crippen molar-refractivity contribution in [2.75, 3.05) is 0 Å². The molecule has 1 aliphatic rings. The van der Waals surface area contributed by atoms with Crippen LogP contribution in [0.3, 0.4) is 0 Å². The Morgan fingerprint density at radius 3 is 2.38 bits per heavy atom. The molecule has 0 saturated carbocycles. The zero-order chi connectivity index (χ0) is 9.84. The third-order valence-corrected chi connectivity index (χ3v) is 4.54. The highest BCUT2D eigenvalue weighted by Gasteiger charge is 2.30. The van der Waals surface area contributed by atoms with Crippen LogP contribution in [0.15, 0.2) is 0 Å². The molecule has 2 radical (unpaired) electrons. The van der Waals surface area contributed by atoms with E-state index in [4.69, 9.17) is 46.4 Å². The van der Waals surface area contributed by atoms with E-state index in [2.05, 4.69) is 0 Å². The lowest BCUT2D eigenvalue weighted by molar-refractivity contribution is 0.672. The van der Waals surface area contributed by atoms with Crippen LogP contribution in [0.1, 0.15) is 12.8 Å². The largest absolute Gasteiger partial charge is 0.132 e. The number of hydrogen-bond donors (Lipinski definition) is 0. The molecule has 0 aromatic carbocycles. The Morgan fingerprint density at radius 1 is 1.00 bits per heavy atom. The third-order valence-electron chi connectivity index (χ3n) is 2.12. The highest BCUT2D eigenvalue weighted by molar-refractivity contribution is 7.04. The first-order chi connectivity index (χ1) is 6.13. The average Bonchev–Trinajstić information content (AvgIpc) is 2.16. The maximum Gasteiger partial charge on any atom is 0.0917 e. The molecular formula is C7H10B2Cl4. The van der Waals surface area contributed by atoms with Gasteiger partial charge in [-0.2, -0.15) is 0 Å². The molecule has 0 aliphatic carbocycles. The molecule has 1 saturated heterocycles. The Labute approximate surface area is 101 Å². The molecule has 0 aromatic heterocycles. The van der Waals surface area contributed by atoms with Gasteiger partial charge in [0.2, 0.25) is 0 Å². The Hall–Kier alpha value is 1.29. The van der Waals surface area contributed by atoms with E-state index in [0.717, 1.165) is 19.2 Å². The van der Waals surface area contributed by atoms with Crippen LogP contribution in [-0.4, -0.2) is 35.7 Å². The summed E-state index contributed by atoms with van der Waals surface area (Å²) in [4.78, 5) is 0. The van der Waals surface area contributed by atoms with Gasteiger partial charge in [0.15, 0.2) is 0 Å². The summed E-state index contributed by atoms with van der Waals surface area (Å²) in [5.74, 6) is 0. The lowest BCUT2D eigenvalue weighted by atomic mass is 9.36. The van der Waals surface area contributed by atoms with Crippen molar-refractivity contribution in [1.29, 1.82) is 0 Å². The minimum Gasteiger partial charge on any atom is -0.132 e. The molecule has 1 rings (SSSR count). The van der Waals surface area contributed by atoms with Crippen LogP contribution in [0, 0.1) is 0 Å². The van der Waals surface area contributed by atoms with Gasteiger partial charge in [-0.3, -0.25) is 0 Å². The van der Waals surface area contributed by atoms with Crippen molar-refractivity contribution in [3.05, 3.63) is 0 Å². The van der Waals surface area contributed by atoms with Gasteiger partial charge in [0, 0.05) is 5.28 Å². The molecule has 0 spiro atoms. The quantitative estimate of drug-likeness (QED) is 0.462. The van der Waals surface area contributed by atoms with Gasteiger partial charge in [0.1, 0.15) is 0 Å². The van der Waals surface area contributed by atoms with Gasteiger partial charge in [-0.1, -0.05) is 12.7 Å². The summed E-state index contributed by atoms with van der Waals surface area (Å²) in [6, 6.07) is 0. The van der Waals surface area contributed by atoms with Gasteiger partial charge in [0.25, 0.3) is 0 Å². The predicted octanol–water partition coefficient (Wildman–Crippen LogP) is 2.91. The van der Waals surface area contributed by atoms with E-state index >= 15 is 0 Å². The van der Waals surface area contributed by atoms with E-state index < -0.39 is 0 Å². The number of hydrogen-bond acceptors (Lipinski definition) is 0. The molecule has 4 atom stereocenters. The molecule has 1 heterocycles. The Kier molecular flexibility index (Phi) is 5.71. The first kappa shape index (κ1) is 12.4. The van der Waals surface area contributed by atoms with Gasteiger partial charge in [-0.25, -0.2) is 0 Å². The van der Waals surface area contributed by atoms with Crippen molar-refractivity contribution in [1.82, 2.24) is 0 Å². The fourth-order valence-electron chi connectivity index (χ4n) is 1.30. The van der Waals surface area contributed by atoms with E-state index in [-0.39, 0.29) is 21.4 Å². The second-order valence-corrected chi connectivity index (χ2v) is 5.28. The van der Waals surface area contributed by atoms with Crippen LogP contribution in [-0.2, 0) is 0 Å². The summed E-state index contributed by atoms with van der Waals surface area (Å²) in [6.07, 6.45) is 2.94. The maximum absolute atomic E-state index is 6.08. The Bertz CT molecular complexity index is 141. The summed E-state index contributed by atoms with van der Waals surface area (Å²) >= 11 is 24.2. The zero-order valence-electron chi connectivity index (χ0n) is 7.10. The van der Waals surface area contributed by atoms with Crippen molar-refractivity contribution in [2.24, 2.45) is 0 Å². The standard InChI is InChI=1S/C7H10B2Cl4/c10-4-2-1-3-8-9-7(13)6(12)5(4)11/h4-7H,1-3H2. The van der Waals surface area contributed by atoms with Crippen molar-refractivity contribution in [2.45, 2.75) is 40.6 Å². The topological polar surface area (TPSA) is 0 Å². The predicted molar refractivity (Wildman–Crippen MR) is 64.1 cm³/mol. The molecule has 0 amide bonds. The Morgan fingerprint density at radius 2 is 1.69 bits per heavy atom. The van der Waals surface area contributed by atoms with Crippen molar-refractivity contribution < 1.29 is 0 Å². The van der Waals surface area contributed by atoms with Crippen molar-refractivity contribution in [3.63, 3.8) is 0 Å². The molecule has 0 aromatic rings. The molecule has 0 bridgehead atoms. The summed E-state index contributed by atoms with van der Waals surface area (Å²) in [5, 5.41) is -0.845. The van der Waals surface area contributed by atoms with E-state index in [9.17, 15) is 0 Å². The van der Waals surface area contributed by atoms with Crippen LogP contribution in [0.5, 0.6) is 0 Å². The van der Waals surface area contributed by atoms with Crippen LogP contribution >= 0.6 is 46.4 Å². The lowest BCUT2D eigenvalue weighted by Crippen LogP contribution is -2.36. The summed E-state index contributed by atoms with van der Waals surface area (Å²) in [5.41, 5.74) is 0. The van der Waals surface area contributed by atoms with E-state index in [1.165, 1.54) is 0 Å². The van der Waals surface area contributed by atoms with Crippen molar-refractivity contribution >= 4 is 60.7 Å². The fourth-order valence-corrected chi connectivity index (χ4v) is 2.56. The van der Waals surface area contributed by atoms with E-state index in [1.54, 1.807) is 0 Å². The molecule has 1 fully saturated rings. The summed E-state index contributed by atoms with van der Waals surface area (Å²) in [7, 11) is 3.95. The second-order valence-electron chi connectivity index (χ2n) is 3.21. The molecule has 1 aliphatic heterocycles. The average molecular weight is 258 g/mol. The minimum absolute atomic E-state index is 0.0784. The normalized spacial score (nSPS) is 42.2. The van der Waals surface area contributed by atoms with E-state index in [1.807, 2.05) is 14.3 Å². The molecule has 6 heteroatoms. The lowest BCUT2D eigenvalue weighted by Gasteiger charge is -2.23. The summed E-state index contributed by atoms with van der Waals surface area (Å²) in [6.45, 7) is 0. The maximum atomic E-state index is 6.08. The van der Waals surface area contributed by atoms with Gasteiger partial charge in [-0.05, 0) is 6.42 Å². The molecule has 0 nitrogen and oxygen atoms in total. The van der Waals surface area contributed by atoms with E-state index in [0.29, 0.717) is 0 Å². The monoisotopic (exact) mass is 256 g/mol. The van der Waals surface area contributed by atoms with Crippen LogP contribution < -0.4 is 0 Å². The van der Waals surface area contributed by atoms with Gasteiger partial charge < -0.3 is 0 Å². The number of rotatable bonds is 0.